The van der Waals surface area contributed by atoms with Gasteiger partial charge in [-0.05, 0) is 0 Å². The van der Waals surface area contributed by atoms with E-state index < -0.39 is 61.4 Å². The second-order valence-corrected chi connectivity index (χ2v) is 14.3. The third-order valence-electron chi connectivity index (χ3n) is 5.46. The predicted molar refractivity (Wildman–Crippen MR) is 112 cm³/mol. The SMILES string of the molecule is CC(C)(C)c1cc2c(cc1F)c1cc(F)c(C(C)(C)C)cc1[se+]2C(F)(F)C(F)(F)C(F)(F)F. The number of hydrogen-bond donors (Lipinski definition) is 0. The fraction of sp³-hybridized carbons (Fsp3) is 0.478. The minimum absolute atomic E-state index is 0.106. The Balaban J connectivity index is 2.62. The van der Waals surface area contributed by atoms with Gasteiger partial charge in [-0.1, -0.05) is 0 Å². The molecule has 0 aliphatic rings. The predicted octanol–water partition coefficient (Wildman–Crippen LogP) is 8.36. The Hall–Kier alpha value is -1.67. The number of fused-ring (bicyclic) bond motifs is 3. The minimum atomic E-state index is -6.51. The van der Waals surface area contributed by atoms with Crippen LogP contribution in [0.4, 0.5) is 39.5 Å². The molecule has 0 nitrogen and oxygen atoms in total. The van der Waals surface area contributed by atoms with Crippen LogP contribution in [0.2, 0.25) is 0 Å². The molecule has 0 N–H and O–H groups in total. The van der Waals surface area contributed by atoms with E-state index in [2.05, 4.69) is 0 Å². The monoisotopic (exact) mass is 549 g/mol. The first-order chi connectivity index (χ1) is 14.6. The van der Waals surface area contributed by atoms with Gasteiger partial charge in [0.2, 0.25) is 0 Å². The van der Waals surface area contributed by atoms with Crippen LogP contribution in [-0.2, 0) is 15.7 Å². The second-order valence-electron chi connectivity index (χ2n) is 10.1. The number of hydrogen-bond acceptors (Lipinski definition) is 0. The van der Waals surface area contributed by atoms with Crippen LogP contribution in [0.15, 0.2) is 24.3 Å². The van der Waals surface area contributed by atoms with E-state index >= 15 is 8.78 Å². The molecule has 0 radical (unpaired) electrons. The third-order valence-corrected chi connectivity index (χ3v) is 10.3. The maximum atomic E-state index is 15.2. The molecule has 0 unspecified atom stereocenters. The van der Waals surface area contributed by atoms with Crippen LogP contribution in [0.25, 0.3) is 19.3 Å². The Bertz CT molecular complexity index is 1160. The van der Waals surface area contributed by atoms with E-state index in [0.29, 0.717) is 0 Å². The quantitative estimate of drug-likeness (QED) is 0.223. The fourth-order valence-corrected chi connectivity index (χ4v) is 8.76. The van der Waals surface area contributed by atoms with Crippen molar-refractivity contribution in [1.29, 1.82) is 0 Å². The Morgan fingerprint density at radius 2 is 0.909 bits per heavy atom. The molecule has 0 spiro atoms. The zero-order valence-corrected chi connectivity index (χ0v) is 20.3. The zero-order chi connectivity index (χ0) is 25.5. The summed E-state index contributed by atoms with van der Waals surface area (Å²) in [5.74, 6) is -8.02. The van der Waals surface area contributed by atoms with Gasteiger partial charge < -0.3 is 0 Å². The topological polar surface area (TPSA) is 0 Å². The molecule has 182 valence electrons. The van der Waals surface area contributed by atoms with E-state index in [1.54, 1.807) is 41.5 Å². The van der Waals surface area contributed by atoms with Crippen molar-refractivity contribution >= 4 is 32.7 Å². The van der Waals surface area contributed by atoms with Gasteiger partial charge in [0.15, 0.2) is 0 Å². The van der Waals surface area contributed by atoms with Gasteiger partial charge in [0.05, 0.1) is 0 Å². The molecule has 33 heavy (non-hydrogen) atoms. The van der Waals surface area contributed by atoms with E-state index in [0.717, 1.165) is 24.3 Å². The van der Waals surface area contributed by atoms with Gasteiger partial charge in [-0.25, -0.2) is 0 Å². The van der Waals surface area contributed by atoms with E-state index in [1.807, 2.05) is 0 Å². The van der Waals surface area contributed by atoms with Gasteiger partial charge in [0.25, 0.3) is 0 Å². The molecule has 3 aromatic rings. The number of rotatable bonds is 2. The Labute approximate surface area is 188 Å². The summed E-state index contributed by atoms with van der Waals surface area (Å²) in [6.07, 6.45) is -6.51. The Morgan fingerprint density at radius 1 is 0.576 bits per heavy atom. The molecule has 0 fully saturated rings. The van der Waals surface area contributed by atoms with Crippen LogP contribution in [0, 0.1) is 11.6 Å². The number of halogens is 9. The van der Waals surface area contributed by atoms with Crippen molar-refractivity contribution in [3.63, 3.8) is 0 Å². The summed E-state index contributed by atoms with van der Waals surface area (Å²) in [5.41, 5.74) is -2.11. The summed E-state index contributed by atoms with van der Waals surface area (Å²) in [5, 5.41) is -0.560. The molecular weight excluding hydrogens is 526 g/mol. The molecule has 0 aliphatic carbocycles. The van der Waals surface area contributed by atoms with Crippen molar-refractivity contribution in [2.24, 2.45) is 0 Å². The van der Waals surface area contributed by atoms with Gasteiger partial charge in [0, 0.05) is 0 Å². The molecule has 0 atom stereocenters. The van der Waals surface area contributed by atoms with Crippen molar-refractivity contribution in [3.05, 3.63) is 47.0 Å². The summed E-state index contributed by atoms with van der Waals surface area (Å²) in [6, 6.07) is 3.56. The average molecular weight is 548 g/mol. The van der Waals surface area contributed by atoms with E-state index in [9.17, 15) is 30.7 Å². The summed E-state index contributed by atoms with van der Waals surface area (Å²) >= 11 is -4.50. The Morgan fingerprint density at radius 3 is 1.18 bits per heavy atom. The summed E-state index contributed by atoms with van der Waals surface area (Å²) in [4.78, 5) is -5.51. The average Bonchev–Trinajstić information content (AvgIpc) is 2.90. The molecule has 1 aromatic heterocycles. The van der Waals surface area contributed by atoms with Crippen molar-refractivity contribution < 1.29 is 39.5 Å². The van der Waals surface area contributed by atoms with Gasteiger partial charge in [0.1, 0.15) is 0 Å². The first kappa shape index (κ1) is 25.9. The zero-order valence-electron chi connectivity index (χ0n) is 18.6. The van der Waals surface area contributed by atoms with Crippen molar-refractivity contribution in [2.75, 3.05) is 0 Å². The van der Waals surface area contributed by atoms with Gasteiger partial charge in [-0.2, -0.15) is 0 Å². The van der Waals surface area contributed by atoms with Crippen LogP contribution >= 0.6 is 0 Å². The Kier molecular flexibility index (Phi) is 5.83. The fourth-order valence-electron chi connectivity index (χ4n) is 3.70. The number of alkyl halides is 7. The summed E-state index contributed by atoms with van der Waals surface area (Å²) < 4.78 is 127. The molecule has 3 rings (SSSR count). The van der Waals surface area contributed by atoms with E-state index in [4.69, 9.17) is 0 Å². The molecule has 0 aliphatic heterocycles. The van der Waals surface area contributed by atoms with E-state index in [-0.39, 0.29) is 21.9 Å². The molecule has 1 heterocycles. The van der Waals surface area contributed by atoms with Crippen molar-refractivity contribution in [1.82, 2.24) is 0 Å². The summed E-state index contributed by atoms with van der Waals surface area (Å²) in [6.45, 7) is 9.30. The van der Waals surface area contributed by atoms with Crippen LogP contribution < -0.4 is 0 Å². The molecule has 0 amide bonds. The maximum absolute atomic E-state index is 15.2. The third kappa shape index (κ3) is 3.97. The van der Waals surface area contributed by atoms with Crippen LogP contribution in [0.1, 0.15) is 52.7 Å². The second kappa shape index (κ2) is 7.41. The van der Waals surface area contributed by atoms with E-state index in [1.165, 1.54) is 0 Å². The van der Waals surface area contributed by atoms with Crippen molar-refractivity contribution in [2.45, 2.75) is 69.3 Å². The number of benzene rings is 2. The molecule has 0 bridgehead atoms. The normalized spacial score (nSPS) is 14.5. The van der Waals surface area contributed by atoms with Crippen molar-refractivity contribution in [3.8, 4) is 0 Å². The molecular formula is C23H22F9Se+. The standard InChI is InChI=1S/C23H22F9Se/c1-19(2,3)13-9-17-11(7-15(13)24)12-8-16(25)14(20(4,5)6)10-18(12)33(17)23(31,32)21(26,27)22(28,29)30/h7-10H,1-6H3/q+1. The molecule has 0 saturated heterocycles. The van der Waals surface area contributed by atoms with Crippen LogP contribution in [-0.4, -0.2) is 25.5 Å². The first-order valence-electron chi connectivity index (χ1n) is 9.87. The van der Waals surface area contributed by atoms with Crippen LogP contribution in [0.3, 0.4) is 0 Å². The van der Waals surface area contributed by atoms with Crippen LogP contribution in [0.5, 0.6) is 0 Å². The summed E-state index contributed by atoms with van der Waals surface area (Å²) in [7, 11) is 0. The van der Waals surface area contributed by atoms with Gasteiger partial charge in [-0.3, -0.25) is 0 Å². The first-order valence-corrected chi connectivity index (χ1v) is 12.4. The molecule has 0 saturated carbocycles. The van der Waals surface area contributed by atoms with Gasteiger partial charge in [-0.15, -0.1) is 0 Å². The van der Waals surface area contributed by atoms with Gasteiger partial charge >= 0.3 is 189 Å². The molecule has 10 heteroatoms. The molecule has 2 aromatic carbocycles.